The Morgan fingerprint density at radius 2 is 2.15 bits per heavy atom. The van der Waals surface area contributed by atoms with E-state index in [4.69, 9.17) is 0 Å². The van der Waals surface area contributed by atoms with Gasteiger partial charge in [-0.3, -0.25) is 4.79 Å². The van der Waals surface area contributed by atoms with E-state index < -0.39 is 0 Å². The summed E-state index contributed by atoms with van der Waals surface area (Å²) < 4.78 is 0. The topological polar surface area (TPSA) is 66.4 Å². The molecular formula is C15H14N4O. The number of nitrogens with zero attached hydrogens (tertiary/aromatic N) is 2. The fraction of sp³-hybridized carbons (Fsp3) is 0.133. The molecule has 20 heavy (non-hydrogen) atoms. The van der Waals surface area contributed by atoms with Gasteiger partial charge in [-0.15, -0.1) is 0 Å². The molecule has 0 bridgehead atoms. The van der Waals surface area contributed by atoms with Crippen LogP contribution in [-0.2, 0) is 4.79 Å². The third-order valence-corrected chi connectivity index (χ3v) is 3.02. The highest BCUT2D eigenvalue weighted by Crippen LogP contribution is 2.27. The van der Waals surface area contributed by atoms with Gasteiger partial charge in [0.2, 0.25) is 0 Å². The molecule has 2 N–H and O–H groups in total. The lowest BCUT2D eigenvalue weighted by molar-refractivity contribution is -0.110. The third-order valence-electron chi connectivity index (χ3n) is 3.02. The van der Waals surface area contributed by atoms with Gasteiger partial charge in [-0.1, -0.05) is 12.1 Å². The highest BCUT2D eigenvalue weighted by atomic mass is 16.2. The van der Waals surface area contributed by atoms with Crippen molar-refractivity contribution in [2.24, 2.45) is 4.99 Å². The van der Waals surface area contributed by atoms with Crippen LogP contribution >= 0.6 is 0 Å². The molecule has 1 aliphatic rings. The van der Waals surface area contributed by atoms with E-state index >= 15 is 0 Å². The summed E-state index contributed by atoms with van der Waals surface area (Å²) in [4.78, 5) is 20.7. The second-order valence-corrected chi connectivity index (χ2v) is 4.60. The zero-order chi connectivity index (χ0) is 13.9. The van der Waals surface area contributed by atoms with Crippen LogP contribution in [0.25, 0.3) is 0 Å². The van der Waals surface area contributed by atoms with Gasteiger partial charge in [0.15, 0.2) is 0 Å². The van der Waals surface area contributed by atoms with Crippen LogP contribution in [0.2, 0.25) is 0 Å². The number of hydrogen-bond donors (Lipinski definition) is 2. The number of aliphatic imine (C=N–C) groups is 1. The van der Waals surface area contributed by atoms with Gasteiger partial charge in [-0.25, -0.2) is 9.98 Å². The SMILES string of the molecule is Cc1ccnc(NC(=O)C2=Nc3ccccc3NC2)c1. The third kappa shape index (κ3) is 2.51. The molecule has 0 aliphatic carbocycles. The van der Waals surface area contributed by atoms with Gasteiger partial charge in [-0.2, -0.15) is 0 Å². The minimum absolute atomic E-state index is 0.231. The number of fused-ring (bicyclic) bond motifs is 1. The van der Waals surface area contributed by atoms with Gasteiger partial charge in [-0.05, 0) is 36.8 Å². The number of para-hydroxylation sites is 2. The average Bonchev–Trinajstić information content (AvgIpc) is 2.47. The van der Waals surface area contributed by atoms with Gasteiger partial charge in [0.05, 0.1) is 17.9 Å². The maximum atomic E-state index is 12.2. The maximum absolute atomic E-state index is 12.2. The van der Waals surface area contributed by atoms with Crippen molar-refractivity contribution in [3.8, 4) is 0 Å². The number of amides is 1. The average molecular weight is 266 g/mol. The molecule has 1 aromatic carbocycles. The van der Waals surface area contributed by atoms with Crippen molar-refractivity contribution in [3.63, 3.8) is 0 Å². The van der Waals surface area contributed by atoms with Gasteiger partial charge >= 0.3 is 0 Å². The first-order valence-electron chi connectivity index (χ1n) is 6.37. The van der Waals surface area contributed by atoms with E-state index in [9.17, 15) is 4.79 Å². The monoisotopic (exact) mass is 266 g/mol. The normalized spacial score (nSPS) is 12.9. The van der Waals surface area contributed by atoms with Crippen LogP contribution in [0.1, 0.15) is 5.56 Å². The lowest BCUT2D eigenvalue weighted by Crippen LogP contribution is -2.31. The van der Waals surface area contributed by atoms with Crippen molar-refractivity contribution < 1.29 is 4.79 Å². The lowest BCUT2D eigenvalue weighted by atomic mass is 10.2. The number of benzene rings is 1. The standard InChI is InChI=1S/C15H14N4O/c1-10-6-7-16-14(8-10)19-15(20)13-9-17-11-4-2-3-5-12(11)18-13/h2-8,17H,9H2,1H3,(H,16,19,20). The first-order valence-corrected chi connectivity index (χ1v) is 6.37. The number of anilines is 2. The number of carbonyl (C=O) groups is 1. The largest absolute Gasteiger partial charge is 0.377 e. The maximum Gasteiger partial charge on any atom is 0.273 e. The van der Waals surface area contributed by atoms with Gasteiger partial charge in [0.1, 0.15) is 11.5 Å². The van der Waals surface area contributed by atoms with Gasteiger partial charge in [0, 0.05) is 6.20 Å². The zero-order valence-electron chi connectivity index (χ0n) is 11.1. The number of nitrogens with one attached hydrogen (secondary N) is 2. The molecule has 0 saturated heterocycles. The van der Waals surface area contributed by atoms with Crippen molar-refractivity contribution >= 4 is 28.8 Å². The van der Waals surface area contributed by atoms with Gasteiger partial charge < -0.3 is 10.6 Å². The lowest BCUT2D eigenvalue weighted by Gasteiger charge is -2.16. The van der Waals surface area contributed by atoms with E-state index in [1.165, 1.54) is 0 Å². The van der Waals surface area contributed by atoms with Crippen LogP contribution in [0.3, 0.4) is 0 Å². The summed E-state index contributed by atoms with van der Waals surface area (Å²) in [7, 11) is 0. The van der Waals surface area contributed by atoms with Gasteiger partial charge in [0.25, 0.3) is 5.91 Å². The molecule has 0 fully saturated rings. The Morgan fingerprint density at radius 1 is 1.30 bits per heavy atom. The number of pyridine rings is 1. The Morgan fingerprint density at radius 3 is 3.00 bits per heavy atom. The van der Waals surface area contributed by atoms with Crippen LogP contribution in [0.4, 0.5) is 17.2 Å². The first-order chi connectivity index (χ1) is 9.72. The minimum Gasteiger partial charge on any atom is -0.377 e. The predicted octanol–water partition coefficient (Wildman–Crippen LogP) is 2.53. The summed E-state index contributed by atoms with van der Waals surface area (Å²) in [6.07, 6.45) is 1.67. The fourth-order valence-corrected chi connectivity index (χ4v) is 2.01. The van der Waals surface area contributed by atoms with Crippen molar-refractivity contribution in [3.05, 3.63) is 48.2 Å². The molecule has 5 nitrogen and oxygen atoms in total. The molecule has 1 aromatic heterocycles. The van der Waals surface area contributed by atoms with Crippen LogP contribution in [-0.4, -0.2) is 23.1 Å². The van der Waals surface area contributed by atoms with E-state index in [2.05, 4.69) is 20.6 Å². The molecule has 0 unspecified atom stereocenters. The van der Waals surface area contributed by atoms with Crippen molar-refractivity contribution in [1.82, 2.24) is 4.98 Å². The molecule has 2 aromatic rings. The zero-order valence-corrected chi connectivity index (χ0v) is 11.1. The Kier molecular flexibility index (Phi) is 3.16. The number of aryl methyl sites for hydroxylation is 1. The fourth-order valence-electron chi connectivity index (χ4n) is 2.01. The molecule has 0 spiro atoms. The van der Waals surface area contributed by atoms with Crippen LogP contribution in [0.5, 0.6) is 0 Å². The predicted molar refractivity (Wildman–Crippen MR) is 79.6 cm³/mol. The van der Waals surface area contributed by atoms with E-state index in [1.807, 2.05) is 43.3 Å². The Labute approximate surface area is 116 Å². The molecule has 5 heteroatoms. The quantitative estimate of drug-likeness (QED) is 0.877. The van der Waals surface area contributed by atoms with Crippen LogP contribution in [0.15, 0.2) is 47.6 Å². The summed E-state index contributed by atoms with van der Waals surface area (Å²) >= 11 is 0. The molecule has 3 rings (SSSR count). The van der Waals surface area contributed by atoms with Crippen molar-refractivity contribution in [2.45, 2.75) is 6.92 Å². The summed E-state index contributed by atoms with van der Waals surface area (Å²) in [5, 5.41) is 5.94. The second kappa shape index (κ2) is 5.13. The molecule has 2 heterocycles. The number of carbonyl (C=O) groups excluding carboxylic acids is 1. The first kappa shape index (κ1) is 12.3. The summed E-state index contributed by atoms with van der Waals surface area (Å²) in [5.74, 6) is 0.307. The Balaban J connectivity index is 1.80. The molecule has 0 saturated carbocycles. The van der Waals surface area contributed by atoms with Crippen LogP contribution < -0.4 is 10.6 Å². The number of rotatable bonds is 2. The summed E-state index contributed by atoms with van der Waals surface area (Å²) in [5.41, 5.74) is 3.22. The van der Waals surface area contributed by atoms with Crippen molar-refractivity contribution in [2.75, 3.05) is 17.2 Å². The summed E-state index contributed by atoms with van der Waals surface area (Å²) in [6.45, 7) is 2.36. The van der Waals surface area contributed by atoms with E-state index in [1.54, 1.807) is 6.20 Å². The number of aromatic nitrogens is 1. The number of hydrogen-bond acceptors (Lipinski definition) is 4. The smallest absolute Gasteiger partial charge is 0.273 e. The van der Waals surface area contributed by atoms with Crippen LogP contribution in [0, 0.1) is 6.92 Å². The van der Waals surface area contributed by atoms with E-state index in [0.717, 1.165) is 16.9 Å². The van der Waals surface area contributed by atoms with E-state index in [0.29, 0.717) is 18.1 Å². The Bertz CT molecular complexity index is 694. The van der Waals surface area contributed by atoms with Crippen molar-refractivity contribution in [1.29, 1.82) is 0 Å². The highest BCUT2D eigenvalue weighted by Gasteiger charge is 2.17. The Hall–Kier alpha value is -2.69. The summed E-state index contributed by atoms with van der Waals surface area (Å²) in [6, 6.07) is 11.3. The molecule has 0 atom stereocenters. The molecule has 1 aliphatic heterocycles. The highest BCUT2D eigenvalue weighted by molar-refractivity contribution is 6.45. The molecule has 100 valence electrons. The molecule has 1 amide bonds. The molecule has 0 radical (unpaired) electrons. The minimum atomic E-state index is -0.231. The molecular weight excluding hydrogens is 252 g/mol. The second-order valence-electron chi connectivity index (χ2n) is 4.60. The van der Waals surface area contributed by atoms with E-state index in [-0.39, 0.29) is 5.91 Å².